The summed E-state index contributed by atoms with van der Waals surface area (Å²) in [6, 6.07) is 3.63. The Morgan fingerprint density at radius 2 is 2.11 bits per heavy atom. The molecule has 0 heterocycles. The molecule has 0 fully saturated rings. The lowest BCUT2D eigenvalue weighted by atomic mass is 10.2. The molecule has 5 heteroatoms. The highest BCUT2D eigenvalue weighted by Crippen LogP contribution is 2.33. The Labute approximate surface area is 113 Å². The highest BCUT2D eigenvalue weighted by Gasteiger charge is 2.10. The molecule has 0 saturated heterocycles. The zero-order chi connectivity index (χ0) is 13.4. The third kappa shape index (κ3) is 4.37. The Morgan fingerprint density at radius 1 is 1.33 bits per heavy atom. The maximum atomic E-state index is 8.72. The SMILES string of the molecule is CCCOc1cc(Cl)c(CNCCO)cc1OC. The van der Waals surface area contributed by atoms with Crippen LogP contribution in [0.2, 0.25) is 5.02 Å². The molecule has 0 aliphatic rings. The summed E-state index contributed by atoms with van der Waals surface area (Å²) < 4.78 is 10.9. The molecule has 4 nitrogen and oxygen atoms in total. The van der Waals surface area contributed by atoms with Gasteiger partial charge in [0.1, 0.15) is 0 Å². The number of methoxy groups -OCH3 is 1. The van der Waals surface area contributed by atoms with Crippen LogP contribution in [0.15, 0.2) is 12.1 Å². The number of aliphatic hydroxyl groups excluding tert-OH is 1. The number of hydrogen-bond donors (Lipinski definition) is 2. The zero-order valence-corrected chi connectivity index (χ0v) is 11.6. The molecule has 1 rings (SSSR count). The average Bonchev–Trinajstić information content (AvgIpc) is 2.38. The summed E-state index contributed by atoms with van der Waals surface area (Å²) in [6.07, 6.45) is 0.931. The number of ether oxygens (including phenoxy) is 2. The molecule has 0 aromatic heterocycles. The van der Waals surface area contributed by atoms with E-state index < -0.39 is 0 Å². The van der Waals surface area contributed by atoms with Crippen LogP contribution in [-0.4, -0.2) is 32.0 Å². The predicted molar refractivity (Wildman–Crippen MR) is 72.6 cm³/mol. The summed E-state index contributed by atoms with van der Waals surface area (Å²) in [5.74, 6) is 1.34. The summed E-state index contributed by atoms with van der Waals surface area (Å²) in [6.45, 7) is 3.90. The lowest BCUT2D eigenvalue weighted by Crippen LogP contribution is -2.17. The average molecular weight is 274 g/mol. The van der Waals surface area contributed by atoms with E-state index in [-0.39, 0.29) is 6.61 Å². The fourth-order valence-electron chi connectivity index (χ4n) is 1.50. The van der Waals surface area contributed by atoms with Crippen LogP contribution in [0.25, 0.3) is 0 Å². The Hall–Kier alpha value is -0.970. The number of halogens is 1. The fourth-order valence-corrected chi connectivity index (χ4v) is 1.72. The van der Waals surface area contributed by atoms with Crippen molar-refractivity contribution in [3.63, 3.8) is 0 Å². The summed E-state index contributed by atoms with van der Waals surface area (Å²) in [7, 11) is 1.60. The van der Waals surface area contributed by atoms with E-state index in [0.717, 1.165) is 12.0 Å². The molecule has 0 radical (unpaired) electrons. The van der Waals surface area contributed by atoms with E-state index in [1.165, 1.54) is 0 Å². The third-order valence-corrected chi connectivity index (χ3v) is 2.75. The van der Waals surface area contributed by atoms with Gasteiger partial charge in [-0.2, -0.15) is 0 Å². The Bertz CT molecular complexity index is 371. The van der Waals surface area contributed by atoms with E-state index in [2.05, 4.69) is 5.32 Å². The minimum absolute atomic E-state index is 0.104. The lowest BCUT2D eigenvalue weighted by Gasteiger charge is -2.13. The normalized spacial score (nSPS) is 10.4. The van der Waals surface area contributed by atoms with Crippen molar-refractivity contribution in [2.75, 3.05) is 26.9 Å². The Balaban J connectivity index is 2.81. The lowest BCUT2D eigenvalue weighted by molar-refractivity contribution is 0.290. The van der Waals surface area contributed by atoms with Crippen LogP contribution in [0.3, 0.4) is 0 Å². The van der Waals surface area contributed by atoms with Crippen molar-refractivity contribution in [2.24, 2.45) is 0 Å². The second-order valence-electron chi connectivity index (χ2n) is 3.84. The molecule has 0 saturated carbocycles. The smallest absolute Gasteiger partial charge is 0.162 e. The molecule has 0 aliphatic carbocycles. The monoisotopic (exact) mass is 273 g/mol. The Kier molecular flexibility index (Phi) is 6.86. The molecule has 0 atom stereocenters. The van der Waals surface area contributed by atoms with Crippen LogP contribution >= 0.6 is 11.6 Å². The molecule has 102 valence electrons. The van der Waals surface area contributed by atoms with Gasteiger partial charge >= 0.3 is 0 Å². The van der Waals surface area contributed by atoms with Crippen molar-refractivity contribution >= 4 is 11.6 Å². The van der Waals surface area contributed by atoms with Gasteiger partial charge in [-0.1, -0.05) is 18.5 Å². The van der Waals surface area contributed by atoms with E-state index in [1.807, 2.05) is 13.0 Å². The first-order valence-electron chi connectivity index (χ1n) is 6.03. The molecule has 0 aliphatic heterocycles. The summed E-state index contributed by atoms with van der Waals surface area (Å²) in [4.78, 5) is 0. The van der Waals surface area contributed by atoms with Gasteiger partial charge in [-0.05, 0) is 18.1 Å². The second-order valence-corrected chi connectivity index (χ2v) is 4.25. The molecule has 18 heavy (non-hydrogen) atoms. The maximum Gasteiger partial charge on any atom is 0.162 e. The molecule has 0 amide bonds. The van der Waals surface area contributed by atoms with E-state index in [0.29, 0.717) is 36.2 Å². The molecule has 1 aromatic carbocycles. The largest absolute Gasteiger partial charge is 0.493 e. The van der Waals surface area contributed by atoms with E-state index in [9.17, 15) is 0 Å². The van der Waals surface area contributed by atoms with Gasteiger partial charge in [-0.25, -0.2) is 0 Å². The van der Waals surface area contributed by atoms with Gasteiger partial charge in [0, 0.05) is 24.2 Å². The van der Waals surface area contributed by atoms with Gasteiger partial charge in [-0.3, -0.25) is 0 Å². The molecular weight excluding hydrogens is 254 g/mol. The predicted octanol–water partition coefficient (Wildman–Crippen LogP) is 2.22. The third-order valence-electron chi connectivity index (χ3n) is 2.40. The summed E-state index contributed by atoms with van der Waals surface area (Å²) >= 11 is 6.18. The van der Waals surface area contributed by atoms with Gasteiger partial charge in [0.2, 0.25) is 0 Å². The van der Waals surface area contributed by atoms with Gasteiger partial charge in [0.05, 0.1) is 20.3 Å². The highest BCUT2D eigenvalue weighted by molar-refractivity contribution is 6.31. The standard InChI is InChI=1S/C13H20ClNO3/c1-3-6-18-13-8-11(14)10(7-12(13)17-2)9-15-4-5-16/h7-8,15-16H,3-6,9H2,1-2H3. The van der Waals surface area contributed by atoms with Crippen molar-refractivity contribution < 1.29 is 14.6 Å². The number of aliphatic hydroxyl groups is 1. The molecule has 0 bridgehead atoms. The molecule has 0 spiro atoms. The van der Waals surface area contributed by atoms with Crippen LogP contribution in [0, 0.1) is 0 Å². The summed E-state index contributed by atoms with van der Waals surface area (Å²) in [5.41, 5.74) is 0.922. The van der Waals surface area contributed by atoms with Crippen molar-refractivity contribution in [1.82, 2.24) is 5.32 Å². The van der Waals surface area contributed by atoms with Crippen molar-refractivity contribution in [3.8, 4) is 11.5 Å². The van der Waals surface area contributed by atoms with Gasteiger partial charge in [-0.15, -0.1) is 0 Å². The van der Waals surface area contributed by atoms with Crippen molar-refractivity contribution in [3.05, 3.63) is 22.7 Å². The van der Waals surface area contributed by atoms with Crippen LogP contribution < -0.4 is 14.8 Å². The molecular formula is C13H20ClNO3. The van der Waals surface area contributed by atoms with Crippen molar-refractivity contribution in [2.45, 2.75) is 19.9 Å². The van der Waals surface area contributed by atoms with Gasteiger partial charge in [0.25, 0.3) is 0 Å². The molecule has 0 unspecified atom stereocenters. The van der Waals surface area contributed by atoms with E-state index in [4.69, 9.17) is 26.2 Å². The quantitative estimate of drug-likeness (QED) is 0.713. The summed E-state index contributed by atoms with van der Waals surface area (Å²) in [5, 5.41) is 12.4. The zero-order valence-electron chi connectivity index (χ0n) is 10.8. The van der Waals surface area contributed by atoms with E-state index in [1.54, 1.807) is 13.2 Å². The van der Waals surface area contributed by atoms with Gasteiger partial charge in [0.15, 0.2) is 11.5 Å². The van der Waals surface area contributed by atoms with Crippen molar-refractivity contribution in [1.29, 1.82) is 0 Å². The van der Waals surface area contributed by atoms with Crippen LogP contribution in [0.5, 0.6) is 11.5 Å². The number of benzene rings is 1. The maximum absolute atomic E-state index is 8.72. The number of rotatable bonds is 8. The molecule has 2 N–H and O–H groups in total. The first kappa shape index (κ1) is 15.1. The minimum atomic E-state index is 0.104. The van der Waals surface area contributed by atoms with Crippen LogP contribution in [-0.2, 0) is 6.54 Å². The second kappa shape index (κ2) is 8.19. The molecule has 1 aromatic rings. The van der Waals surface area contributed by atoms with E-state index >= 15 is 0 Å². The first-order valence-corrected chi connectivity index (χ1v) is 6.41. The fraction of sp³-hybridized carbons (Fsp3) is 0.538. The van der Waals surface area contributed by atoms with Gasteiger partial charge < -0.3 is 19.9 Å². The first-order chi connectivity index (χ1) is 8.72. The minimum Gasteiger partial charge on any atom is -0.493 e. The van der Waals surface area contributed by atoms with Crippen LogP contribution in [0.1, 0.15) is 18.9 Å². The van der Waals surface area contributed by atoms with Crippen LogP contribution in [0.4, 0.5) is 0 Å². The number of hydrogen-bond acceptors (Lipinski definition) is 4. The Morgan fingerprint density at radius 3 is 2.72 bits per heavy atom. The number of nitrogens with one attached hydrogen (secondary N) is 1. The highest BCUT2D eigenvalue weighted by atomic mass is 35.5. The topological polar surface area (TPSA) is 50.7 Å².